The van der Waals surface area contributed by atoms with Gasteiger partial charge in [0.1, 0.15) is 0 Å². The molecule has 0 bridgehead atoms. The minimum absolute atomic E-state index is 0.381. The van der Waals surface area contributed by atoms with E-state index in [2.05, 4.69) is 9.88 Å². The quantitative estimate of drug-likeness (QED) is 0.837. The van der Waals surface area contributed by atoms with Gasteiger partial charge in [0.25, 0.3) is 0 Å². The summed E-state index contributed by atoms with van der Waals surface area (Å²) in [6.07, 6.45) is 8.38. The van der Waals surface area contributed by atoms with Gasteiger partial charge in [-0.25, -0.2) is 4.79 Å². The lowest BCUT2D eigenvalue weighted by Gasteiger charge is -2.25. The Morgan fingerprint density at radius 1 is 1.28 bits per heavy atom. The molecule has 2 saturated carbocycles. The average Bonchev–Trinajstić information content (AvgIpc) is 3.23. The Morgan fingerprint density at radius 2 is 1.89 bits per heavy atom. The SMILES string of the molecule is O=C(O)c1ccncc1N(CC1CC1)CC1CC1. The van der Waals surface area contributed by atoms with Gasteiger partial charge >= 0.3 is 5.97 Å². The van der Waals surface area contributed by atoms with Crippen molar-refractivity contribution in [2.24, 2.45) is 11.8 Å². The molecule has 0 spiro atoms. The van der Waals surface area contributed by atoms with E-state index in [0.29, 0.717) is 5.56 Å². The van der Waals surface area contributed by atoms with Crippen molar-refractivity contribution in [3.63, 3.8) is 0 Å². The Bertz CT molecular complexity index is 439. The first kappa shape index (κ1) is 11.5. The molecule has 2 aliphatic rings. The number of carbonyl (C=O) groups is 1. The molecule has 2 aliphatic carbocycles. The van der Waals surface area contributed by atoms with Crippen molar-refractivity contribution in [2.45, 2.75) is 25.7 Å². The lowest BCUT2D eigenvalue weighted by atomic mass is 10.2. The first-order chi connectivity index (χ1) is 8.74. The van der Waals surface area contributed by atoms with Crippen LogP contribution in [0.5, 0.6) is 0 Å². The van der Waals surface area contributed by atoms with Crippen molar-refractivity contribution in [3.05, 3.63) is 24.0 Å². The van der Waals surface area contributed by atoms with Crippen LogP contribution in [0.3, 0.4) is 0 Å². The van der Waals surface area contributed by atoms with Crippen LogP contribution < -0.4 is 4.90 Å². The zero-order valence-electron chi connectivity index (χ0n) is 10.4. The van der Waals surface area contributed by atoms with Crippen molar-refractivity contribution < 1.29 is 9.90 Å². The number of nitrogens with zero attached hydrogens (tertiary/aromatic N) is 2. The number of rotatable bonds is 6. The molecule has 0 atom stereocenters. The molecule has 0 aromatic carbocycles. The molecule has 1 heterocycles. The predicted octanol–water partition coefficient (Wildman–Crippen LogP) is 2.41. The first-order valence-electron chi connectivity index (χ1n) is 6.66. The molecule has 3 rings (SSSR count). The molecular formula is C14H18N2O2. The zero-order valence-corrected chi connectivity index (χ0v) is 10.4. The Labute approximate surface area is 107 Å². The van der Waals surface area contributed by atoms with Gasteiger partial charge in [-0.2, -0.15) is 0 Å². The van der Waals surface area contributed by atoms with E-state index in [4.69, 9.17) is 0 Å². The third-order valence-corrected chi connectivity index (χ3v) is 3.72. The number of aromatic nitrogens is 1. The van der Waals surface area contributed by atoms with Gasteiger partial charge in [-0.05, 0) is 43.6 Å². The lowest BCUT2D eigenvalue weighted by molar-refractivity contribution is 0.0697. The Kier molecular flexibility index (Phi) is 2.94. The van der Waals surface area contributed by atoms with Crippen molar-refractivity contribution in [1.82, 2.24) is 4.98 Å². The fraction of sp³-hybridized carbons (Fsp3) is 0.571. The summed E-state index contributed by atoms with van der Waals surface area (Å²) in [6, 6.07) is 1.60. The highest BCUT2D eigenvalue weighted by Crippen LogP contribution is 2.36. The average molecular weight is 246 g/mol. The van der Waals surface area contributed by atoms with E-state index in [1.165, 1.54) is 25.7 Å². The number of pyridine rings is 1. The van der Waals surface area contributed by atoms with E-state index in [9.17, 15) is 9.90 Å². The molecule has 1 aromatic heterocycles. The highest BCUT2D eigenvalue weighted by atomic mass is 16.4. The summed E-state index contributed by atoms with van der Waals surface area (Å²) in [5.41, 5.74) is 1.18. The topological polar surface area (TPSA) is 53.4 Å². The van der Waals surface area contributed by atoms with E-state index in [0.717, 1.165) is 30.6 Å². The summed E-state index contributed by atoms with van der Waals surface area (Å²) >= 11 is 0. The Hall–Kier alpha value is -1.58. The second-order valence-electron chi connectivity index (χ2n) is 5.49. The predicted molar refractivity (Wildman–Crippen MR) is 68.9 cm³/mol. The number of hydrogen-bond donors (Lipinski definition) is 1. The van der Waals surface area contributed by atoms with Crippen LogP contribution in [0, 0.1) is 11.8 Å². The normalized spacial score (nSPS) is 18.7. The lowest BCUT2D eigenvalue weighted by Crippen LogP contribution is -2.29. The molecule has 18 heavy (non-hydrogen) atoms. The fourth-order valence-corrected chi connectivity index (χ4v) is 2.31. The van der Waals surface area contributed by atoms with Gasteiger partial charge in [0.2, 0.25) is 0 Å². The highest BCUT2D eigenvalue weighted by Gasteiger charge is 2.30. The number of carboxylic acid groups (broad SMARTS) is 1. The smallest absolute Gasteiger partial charge is 0.337 e. The molecule has 96 valence electrons. The van der Waals surface area contributed by atoms with Gasteiger partial charge in [-0.15, -0.1) is 0 Å². The van der Waals surface area contributed by atoms with Gasteiger partial charge in [0, 0.05) is 19.3 Å². The molecule has 0 amide bonds. The summed E-state index contributed by atoms with van der Waals surface area (Å²) in [4.78, 5) is 17.6. The van der Waals surface area contributed by atoms with E-state index in [-0.39, 0.29) is 0 Å². The molecular weight excluding hydrogens is 228 g/mol. The van der Waals surface area contributed by atoms with Crippen molar-refractivity contribution in [2.75, 3.05) is 18.0 Å². The monoisotopic (exact) mass is 246 g/mol. The van der Waals surface area contributed by atoms with Crippen molar-refractivity contribution in [1.29, 1.82) is 0 Å². The fourth-order valence-electron chi connectivity index (χ4n) is 2.31. The summed E-state index contributed by atoms with van der Waals surface area (Å²) in [5.74, 6) is 0.653. The Morgan fingerprint density at radius 3 is 2.39 bits per heavy atom. The van der Waals surface area contributed by atoms with Crippen LogP contribution in [-0.4, -0.2) is 29.1 Å². The molecule has 0 radical (unpaired) electrons. The maximum absolute atomic E-state index is 11.3. The maximum Gasteiger partial charge on any atom is 0.337 e. The molecule has 0 saturated heterocycles. The summed E-state index contributed by atoms with van der Waals surface area (Å²) in [6.45, 7) is 1.98. The third kappa shape index (κ3) is 2.63. The first-order valence-corrected chi connectivity index (χ1v) is 6.66. The van der Waals surface area contributed by atoms with Gasteiger partial charge in [0.15, 0.2) is 0 Å². The van der Waals surface area contributed by atoms with Gasteiger partial charge in [-0.1, -0.05) is 0 Å². The molecule has 0 unspecified atom stereocenters. The zero-order chi connectivity index (χ0) is 12.5. The van der Waals surface area contributed by atoms with Crippen LogP contribution in [0.15, 0.2) is 18.5 Å². The van der Waals surface area contributed by atoms with Crippen LogP contribution in [-0.2, 0) is 0 Å². The summed E-state index contributed by atoms with van der Waals surface area (Å²) < 4.78 is 0. The molecule has 2 fully saturated rings. The standard InChI is InChI=1S/C14H18N2O2/c17-14(18)12-5-6-15-7-13(12)16(8-10-1-2-10)9-11-3-4-11/h5-7,10-11H,1-4,8-9H2,(H,17,18). The van der Waals surface area contributed by atoms with Crippen molar-refractivity contribution in [3.8, 4) is 0 Å². The number of hydrogen-bond acceptors (Lipinski definition) is 3. The minimum Gasteiger partial charge on any atom is -0.478 e. The number of carboxylic acids is 1. The van der Waals surface area contributed by atoms with Crippen LogP contribution >= 0.6 is 0 Å². The van der Waals surface area contributed by atoms with Crippen LogP contribution in [0.25, 0.3) is 0 Å². The van der Waals surface area contributed by atoms with Gasteiger partial charge < -0.3 is 10.0 Å². The minimum atomic E-state index is -0.857. The molecule has 4 heteroatoms. The summed E-state index contributed by atoms with van der Waals surface area (Å²) in [7, 11) is 0. The maximum atomic E-state index is 11.3. The Balaban J connectivity index is 1.84. The largest absolute Gasteiger partial charge is 0.478 e. The molecule has 4 nitrogen and oxygen atoms in total. The van der Waals surface area contributed by atoms with Gasteiger partial charge in [-0.3, -0.25) is 4.98 Å². The second kappa shape index (κ2) is 4.59. The number of aromatic carboxylic acids is 1. The van der Waals surface area contributed by atoms with Gasteiger partial charge in [0.05, 0.1) is 17.4 Å². The van der Waals surface area contributed by atoms with E-state index in [1.807, 2.05) is 0 Å². The molecule has 1 aromatic rings. The van der Waals surface area contributed by atoms with E-state index < -0.39 is 5.97 Å². The van der Waals surface area contributed by atoms with Crippen LogP contribution in [0.2, 0.25) is 0 Å². The second-order valence-corrected chi connectivity index (χ2v) is 5.49. The molecule has 1 N–H and O–H groups in total. The van der Waals surface area contributed by atoms with Crippen molar-refractivity contribution >= 4 is 11.7 Å². The highest BCUT2D eigenvalue weighted by molar-refractivity contribution is 5.94. The molecule has 0 aliphatic heterocycles. The summed E-state index contributed by atoms with van der Waals surface area (Å²) in [5, 5.41) is 9.26. The number of anilines is 1. The van der Waals surface area contributed by atoms with E-state index in [1.54, 1.807) is 18.5 Å². The van der Waals surface area contributed by atoms with Crippen LogP contribution in [0.1, 0.15) is 36.0 Å². The van der Waals surface area contributed by atoms with E-state index >= 15 is 0 Å². The third-order valence-electron chi connectivity index (χ3n) is 3.72. The van der Waals surface area contributed by atoms with Crippen LogP contribution in [0.4, 0.5) is 5.69 Å².